The molecule has 34 heavy (non-hydrogen) atoms. The van der Waals surface area contributed by atoms with Crippen LogP contribution in [-0.4, -0.2) is 54.4 Å². The quantitative estimate of drug-likeness (QED) is 0.542. The molecule has 2 aliphatic heterocycles. The van der Waals surface area contributed by atoms with Crippen molar-refractivity contribution in [2.75, 3.05) is 32.8 Å². The van der Waals surface area contributed by atoms with Gasteiger partial charge in [-0.05, 0) is 81.0 Å². The van der Waals surface area contributed by atoms with Gasteiger partial charge in [-0.25, -0.2) is 4.39 Å². The lowest BCUT2D eigenvalue weighted by molar-refractivity contribution is -0.136. The lowest BCUT2D eigenvalue weighted by Gasteiger charge is -2.43. The molecule has 5 nitrogen and oxygen atoms in total. The van der Waals surface area contributed by atoms with E-state index in [1.54, 1.807) is 23.1 Å². The zero-order valence-electron chi connectivity index (χ0n) is 19.7. The van der Waals surface area contributed by atoms with Crippen LogP contribution in [0.3, 0.4) is 0 Å². The Hall–Kier alpha value is -2.60. The highest BCUT2D eigenvalue weighted by atomic mass is 35.5. The van der Waals surface area contributed by atoms with E-state index < -0.39 is 11.2 Å². The van der Waals surface area contributed by atoms with E-state index in [0.29, 0.717) is 42.5 Å². The maximum Gasteiger partial charge on any atom is 0.253 e. The minimum absolute atomic E-state index is 0.121. The van der Waals surface area contributed by atoms with E-state index in [2.05, 4.69) is 0 Å². The molecule has 0 aliphatic carbocycles. The van der Waals surface area contributed by atoms with Crippen LogP contribution in [0.4, 0.5) is 4.39 Å². The average molecular weight is 487 g/mol. The molecule has 2 amide bonds. The van der Waals surface area contributed by atoms with E-state index in [1.807, 2.05) is 24.0 Å². The molecule has 0 aromatic heterocycles. The van der Waals surface area contributed by atoms with E-state index >= 15 is 0 Å². The largest absolute Gasteiger partial charge is 0.493 e. The van der Waals surface area contributed by atoms with Crippen molar-refractivity contribution in [1.29, 1.82) is 0 Å². The fraction of sp³-hybridized carbons (Fsp3) is 0.481. The monoisotopic (exact) mass is 486 g/mol. The lowest BCUT2D eigenvalue weighted by Crippen LogP contribution is -2.51. The summed E-state index contributed by atoms with van der Waals surface area (Å²) in [7, 11) is 0. The number of piperidine rings is 2. The Morgan fingerprint density at radius 1 is 1.03 bits per heavy atom. The van der Waals surface area contributed by atoms with Gasteiger partial charge < -0.3 is 14.5 Å². The Labute approximate surface area is 205 Å². The maximum atomic E-state index is 13.7. The van der Waals surface area contributed by atoms with Crippen LogP contribution in [0.15, 0.2) is 42.5 Å². The molecule has 0 bridgehead atoms. The normalized spacial score (nSPS) is 20.8. The first-order chi connectivity index (χ1) is 16.3. The molecular weight excluding hydrogens is 455 g/mol. The molecule has 2 aromatic carbocycles. The molecule has 2 aliphatic rings. The summed E-state index contributed by atoms with van der Waals surface area (Å²) < 4.78 is 19.9. The molecule has 2 heterocycles. The Kier molecular flexibility index (Phi) is 7.77. The Morgan fingerprint density at radius 2 is 1.79 bits per heavy atom. The number of hydrogen-bond acceptors (Lipinski definition) is 3. The van der Waals surface area contributed by atoms with Crippen LogP contribution in [0.5, 0.6) is 5.75 Å². The molecule has 2 aromatic rings. The standard InChI is InChI=1S/C27H32ClFN2O3/c1-20-15-23(9-10-24(20)28)34-19-27(17-25(32)30-12-3-2-4-13-30)11-6-14-31(18-27)26(33)21-7-5-8-22(29)16-21/h5,7-10,15-16H,2-4,6,11-14,17-19H2,1H3/t27-/m1/s1. The summed E-state index contributed by atoms with van der Waals surface area (Å²) in [6.07, 6.45) is 5.09. The summed E-state index contributed by atoms with van der Waals surface area (Å²) in [5.41, 5.74) is 0.736. The summed E-state index contributed by atoms with van der Waals surface area (Å²) in [5, 5.41) is 0.673. The second kappa shape index (κ2) is 10.8. The molecule has 4 rings (SSSR count). The third-order valence-corrected chi connectivity index (χ3v) is 7.35. The number of ether oxygens (including phenoxy) is 1. The summed E-state index contributed by atoms with van der Waals surface area (Å²) in [6.45, 7) is 4.80. The van der Waals surface area contributed by atoms with Crippen molar-refractivity contribution in [2.24, 2.45) is 5.41 Å². The lowest BCUT2D eigenvalue weighted by atomic mass is 9.77. The van der Waals surface area contributed by atoms with Crippen LogP contribution in [-0.2, 0) is 4.79 Å². The third-order valence-electron chi connectivity index (χ3n) is 6.93. The molecule has 2 saturated heterocycles. The van der Waals surface area contributed by atoms with Gasteiger partial charge in [0.1, 0.15) is 11.6 Å². The van der Waals surface area contributed by atoms with Crippen LogP contribution in [0, 0.1) is 18.2 Å². The van der Waals surface area contributed by atoms with Gasteiger partial charge in [0.15, 0.2) is 0 Å². The van der Waals surface area contributed by atoms with E-state index in [0.717, 1.165) is 50.8 Å². The molecule has 182 valence electrons. The van der Waals surface area contributed by atoms with Crippen molar-refractivity contribution in [2.45, 2.75) is 45.4 Å². The first kappa shape index (κ1) is 24.5. The van der Waals surface area contributed by atoms with Crippen LogP contribution >= 0.6 is 11.6 Å². The van der Waals surface area contributed by atoms with Gasteiger partial charge in [-0.15, -0.1) is 0 Å². The number of nitrogens with zero attached hydrogens (tertiary/aromatic N) is 2. The van der Waals surface area contributed by atoms with Gasteiger partial charge in [-0.3, -0.25) is 9.59 Å². The van der Waals surface area contributed by atoms with Crippen LogP contribution in [0.1, 0.15) is 54.4 Å². The highest BCUT2D eigenvalue weighted by Gasteiger charge is 2.41. The predicted molar refractivity (Wildman–Crippen MR) is 131 cm³/mol. The zero-order valence-corrected chi connectivity index (χ0v) is 20.5. The second-order valence-electron chi connectivity index (χ2n) is 9.66. The Bertz CT molecular complexity index is 1040. The van der Waals surface area contributed by atoms with Crippen molar-refractivity contribution >= 4 is 23.4 Å². The van der Waals surface area contributed by atoms with Crippen LogP contribution in [0.2, 0.25) is 5.02 Å². The van der Waals surface area contributed by atoms with E-state index in [1.165, 1.54) is 12.1 Å². The topological polar surface area (TPSA) is 49.9 Å². The van der Waals surface area contributed by atoms with E-state index in [9.17, 15) is 14.0 Å². The highest BCUT2D eigenvalue weighted by molar-refractivity contribution is 6.31. The van der Waals surface area contributed by atoms with Gasteiger partial charge in [-0.2, -0.15) is 0 Å². The molecule has 0 spiro atoms. The van der Waals surface area contributed by atoms with Crippen LogP contribution in [0.25, 0.3) is 0 Å². The molecule has 2 fully saturated rings. The Morgan fingerprint density at radius 3 is 2.53 bits per heavy atom. The smallest absolute Gasteiger partial charge is 0.253 e. The van der Waals surface area contributed by atoms with Crippen molar-refractivity contribution in [3.63, 3.8) is 0 Å². The number of likely N-dealkylation sites (tertiary alicyclic amines) is 2. The van der Waals surface area contributed by atoms with Gasteiger partial charge in [0, 0.05) is 48.6 Å². The van der Waals surface area contributed by atoms with Gasteiger partial charge in [0.25, 0.3) is 5.91 Å². The molecular formula is C27H32ClFN2O3. The minimum atomic E-state index is -0.511. The van der Waals surface area contributed by atoms with Crippen molar-refractivity contribution < 1.29 is 18.7 Å². The van der Waals surface area contributed by atoms with Crippen molar-refractivity contribution in [3.05, 3.63) is 64.4 Å². The predicted octanol–water partition coefficient (Wildman–Crippen LogP) is 5.49. The van der Waals surface area contributed by atoms with Gasteiger partial charge >= 0.3 is 0 Å². The highest BCUT2D eigenvalue weighted by Crippen LogP contribution is 2.36. The van der Waals surface area contributed by atoms with Gasteiger partial charge in [0.2, 0.25) is 5.91 Å². The number of halogens is 2. The first-order valence-corrected chi connectivity index (χ1v) is 12.4. The zero-order chi connectivity index (χ0) is 24.1. The fourth-order valence-electron chi connectivity index (χ4n) is 5.02. The van der Waals surface area contributed by atoms with Crippen molar-refractivity contribution in [3.8, 4) is 5.75 Å². The minimum Gasteiger partial charge on any atom is -0.493 e. The average Bonchev–Trinajstić information content (AvgIpc) is 2.85. The first-order valence-electron chi connectivity index (χ1n) is 12.1. The van der Waals surface area contributed by atoms with E-state index in [4.69, 9.17) is 16.3 Å². The molecule has 0 unspecified atom stereocenters. The van der Waals surface area contributed by atoms with Gasteiger partial charge in [0.05, 0.1) is 6.61 Å². The molecule has 0 radical (unpaired) electrons. The number of amides is 2. The van der Waals surface area contributed by atoms with Crippen molar-refractivity contribution in [1.82, 2.24) is 9.80 Å². The number of benzene rings is 2. The number of aryl methyl sites for hydroxylation is 1. The fourth-order valence-corrected chi connectivity index (χ4v) is 5.14. The van der Waals surface area contributed by atoms with Crippen LogP contribution < -0.4 is 4.74 Å². The van der Waals surface area contributed by atoms with E-state index in [-0.39, 0.29) is 11.8 Å². The third kappa shape index (κ3) is 5.90. The number of hydrogen-bond donors (Lipinski definition) is 0. The maximum absolute atomic E-state index is 13.7. The molecule has 7 heteroatoms. The number of rotatable bonds is 6. The van der Waals surface area contributed by atoms with Gasteiger partial charge in [-0.1, -0.05) is 17.7 Å². The number of carbonyl (C=O) groups excluding carboxylic acids is 2. The summed E-state index contributed by atoms with van der Waals surface area (Å²) >= 11 is 6.16. The Balaban J connectivity index is 1.54. The molecule has 0 N–H and O–H groups in total. The second-order valence-corrected chi connectivity index (χ2v) is 10.1. The SMILES string of the molecule is Cc1cc(OC[C@@]2(CC(=O)N3CCCCC3)CCCN(C(=O)c3cccc(F)c3)C2)ccc1Cl. The summed E-state index contributed by atoms with van der Waals surface area (Å²) in [5.74, 6) is 0.170. The summed E-state index contributed by atoms with van der Waals surface area (Å²) in [4.78, 5) is 30.2. The molecule has 0 saturated carbocycles. The summed E-state index contributed by atoms with van der Waals surface area (Å²) in [6, 6.07) is 11.3. The number of carbonyl (C=O) groups is 2. The molecule has 1 atom stereocenters.